The Bertz CT molecular complexity index is 1320. The minimum absolute atomic E-state index is 0.0502. The number of amidine groups is 1. The molecule has 1 saturated heterocycles. The molecule has 0 spiro atoms. The van der Waals surface area contributed by atoms with Gasteiger partial charge in [-0.25, -0.2) is 4.99 Å². The molecular formula is C22H14Br2N2O4S2. The third kappa shape index (κ3) is 5.32. The van der Waals surface area contributed by atoms with Crippen molar-refractivity contribution in [2.24, 2.45) is 4.99 Å². The number of carbonyl (C=O) groups excluding carboxylic acids is 1. The van der Waals surface area contributed by atoms with Crippen LogP contribution in [-0.2, 0) is 14.9 Å². The van der Waals surface area contributed by atoms with E-state index in [9.17, 15) is 13.2 Å². The summed E-state index contributed by atoms with van der Waals surface area (Å²) in [6.45, 7) is 0. The molecular weight excluding hydrogens is 580 g/mol. The summed E-state index contributed by atoms with van der Waals surface area (Å²) in [6, 6.07) is 20.6. The van der Waals surface area contributed by atoms with Crippen molar-refractivity contribution < 1.29 is 17.4 Å². The van der Waals surface area contributed by atoms with E-state index in [1.807, 2.05) is 30.3 Å². The lowest BCUT2D eigenvalue weighted by Crippen LogP contribution is -2.19. The first-order valence-corrected chi connectivity index (χ1v) is 13.0. The van der Waals surface area contributed by atoms with Gasteiger partial charge in [0.25, 0.3) is 5.91 Å². The van der Waals surface area contributed by atoms with Gasteiger partial charge in [-0.05, 0) is 91.7 Å². The highest BCUT2D eigenvalue weighted by atomic mass is 79.9. The first-order chi connectivity index (χ1) is 15.3. The molecule has 0 saturated carbocycles. The zero-order valence-corrected chi connectivity index (χ0v) is 21.0. The molecule has 1 aliphatic heterocycles. The van der Waals surface area contributed by atoms with Crippen LogP contribution in [0.3, 0.4) is 0 Å². The number of nitrogens with zero attached hydrogens (tertiary/aromatic N) is 1. The van der Waals surface area contributed by atoms with Crippen molar-refractivity contribution in [2.75, 3.05) is 0 Å². The Kier molecular flexibility index (Phi) is 6.85. The Morgan fingerprint density at radius 1 is 0.938 bits per heavy atom. The summed E-state index contributed by atoms with van der Waals surface area (Å²) in [5.41, 5.74) is 1.41. The molecule has 6 nitrogen and oxygen atoms in total. The molecule has 1 heterocycles. The van der Waals surface area contributed by atoms with Gasteiger partial charge in [0, 0.05) is 0 Å². The van der Waals surface area contributed by atoms with E-state index in [0.717, 1.165) is 5.69 Å². The van der Waals surface area contributed by atoms with Crippen LogP contribution in [0.2, 0.25) is 0 Å². The lowest BCUT2D eigenvalue weighted by Gasteiger charge is -2.11. The SMILES string of the molecule is O=C1NC(=Nc2ccccc2)S/C1=C\c1cc(Br)c(OS(=O)(=O)c2ccccc2)c(Br)c1. The average molecular weight is 594 g/mol. The van der Waals surface area contributed by atoms with E-state index in [1.54, 1.807) is 36.4 Å². The molecule has 0 aliphatic carbocycles. The van der Waals surface area contributed by atoms with E-state index in [4.69, 9.17) is 4.18 Å². The number of carbonyl (C=O) groups is 1. The fraction of sp³-hybridized carbons (Fsp3) is 0. The van der Waals surface area contributed by atoms with Crippen LogP contribution in [-0.4, -0.2) is 19.5 Å². The number of benzene rings is 3. The normalized spacial score (nSPS) is 16.4. The fourth-order valence-corrected chi connectivity index (χ4v) is 6.16. The summed E-state index contributed by atoms with van der Waals surface area (Å²) in [5, 5.41) is 3.23. The van der Waals surface area contributed by atoms with Crippen molar-refractivity contribution in [1.29, 1.82) is 0 Å². The summed E-state index contributed by atoms with van der Waals surface area (Å²) < 4.78 is 31.3. The van der Waals surface area contributed by atoms with Crippen LogP contribution in [0.4, 0.5) is 5.69 Å². The number of hydrogen-bond donors (Lipinski definition) is 1. The van der Waals surface area contributed by atoms with Crippen molar-refractivity contribution in [3.8, 4) is 5.75 Å². The van der Waals surface area contributed by atoms with E-state index in [1.165, 1.54) is 23.9 Å². The standard InChI is InChI=1S/C22H14Br2N2O4S2/c23-17-11-14(12-18(24)20(17)30-32(28,29)16-9-5-2-6-10-16)13-19-21(27)26-22(31-19)25-15-7-3-1-4-8-15/h1-13H,(H,25,26,27)/b19-13-. The number of hydrogen-bond acceptors (Lipinski definition) is 6. The summed E-state index contributed by atoms with van der Waals surface area (Å²) >= 11 is 7.95. The minimum atomic E-state index is -4.00. The molecule has 3 aromatic rings. The van der Waals surface area contributed by atoms with Gasteiger partial charge in [-0.1, -0.05) is 36.4 Å². The van der Waals surface area contributed by atoms with Crippen molar-refractivity contribution in [3.63, 3.8) is 0 Å². The van der Waals surface area contributed by atoms with E-state index >= 15 is 0 Å². The largest absolute Gasteiger partial charge is 0.377 e. The predicted molar refractivity (Wildman–Crippen MR) is 133 cm³/mol. The summed E-state index contributed by atoms with van der Waals surface area (Å²) in [4.78, 5) is 17.3. The monoisotopic (exact) mass is 592 g/mol. The van der Waals surface area contributed by atoms with Crippen molar-refractivity contribution in [1.82, 2.24) is 5.32 Å². The zero-order valence-electron chi connectivity index (χ0n) is 16.2. The van der Waals surface area contributed by atoms with Gasteiger partial charge < -0.3 is 9.50 Å². The average Bonchev–Trinajstić information content (AvgIpc) is 3.10. The first-order valence-electron chi connectivity index (χ1n) is 9.15. The van der Waals surface area contributed by atoms with E-state index in [-0.39, 0.29) is 16.6 Å². The minimum Gasteiger partial charge on any atom is -0.377 e. The molecule has 32 heavy (non-hydrogen) atoms. The van der Waals surface area contributed by atoms with Gasteiger partial charge >= 0.3 is 10.1 Å². The molecule has 1 amide bonds. The van der Waals surface area contributed by atoms with Gasteiger partial charge in [0.15, 0.2) is 10.9 Å². The number of thioether (sulfide) groups is 1. The van der Waals surface area contributed by atoms with Gasteiger partial charge in [-0.2, -0.15) is 8.42 Å². The Morgan fingerprint density at radius 3 is 2.16 bits per heavy atom. The Hall–Kier alpha value is -2.40. The Balaban J connectivity index is 1.58. The molecule has 0 atom stereocenters. The highest BCUT2D eigenvalue weighted by Gasteiger charge is 2.25. The second kappa shape index (κ2) is 9.62. The van der Waals surface area contributed by atoms with E-state index < -0.39 is 10.1 Å². The third-order valence-corrected chi connectivity index (χ3v) is 7.50. The number of aliphatic imine (C=N–C) groups is 1. The topological polar surface area (TPSA) is 84.8 Å². The number of rotatable bonds is 5. The van der Waals surface area contributed by atoms with Crippen LogP contribution in [0.25, 0.3) is 6.08 Å². The summed E-state index contributed by atoms with van der Waals surface area (Å²) in [5.74, 6) is -0.144. The van der Waals surface area contributed by atoms with Gasteiger partial charge in [-0.15, -0.1) is 0 Å². The van der Waals surface area contributed by atoms with Gasteiger partial charge in [-0.3, -0.25) is 4.79 Å². The van der Waals surface area contributed by atoms with Crippen LogP contribution in [0, 0.1) is 0 Å². The number of para-hydroxylation sites is 1. The first kappa shape index (κ1) is 22.8. The lowest BCUT2D eigenvalue weighted by molar-refractivity contribution is -0.115. The molecule has 0 radical (unpaired) electrons. The van der Waals surface area contributed by atoms with Gasteiger partial charge in [0.2, 0.25) is 0 Å². The predicted octanol–water partition coefficient (Wildman–Crippen LogP) is 5.87. The maximum atomic E-state index is 12.6. The van der Waals surface area contributed by atoms with Gasteiger partial charge in [0.05, 0.1) is 19.5 Å². The van der Waals surface area contributed by atoms with Crippen LogP contribution in [0.15, 0.2) is 96.5 Å². The molecule has 1 N–H and O–H groups in total. The highest BCUT2D eigenvalue weighted by Crippen LogP contribution is 2.38. The van der Waals surface area contributed by atoms with Crippen molar-refractivity contribution >= 4 is 76.6 Å². The zero-order chi connectivity index (χ0) is 22.7. The van der Waals surface area contributed by atoms with Crippen molar-refractivity contribution in [3.05, 3.63) is 92.2 Å². The van der Waals surface area contributed by atoms with Crippen LogP contribution in [0.1, 0.15) is 5.56 Å². The molecule has 162 valence electrons. The maximum absolute atomic E-state index is 12.6. The van der Waals surface area contributed by atoms with Crippen LogP contribution >= 0.6 is 43.6 Å². The van der Waals surface area contributed by atoms with E-state index in [0.29, 0.717) is 24.6 Å². The molecule has 10 heteroatoms. The van der Waals surface area contributed by atoms with Crippen LogP contribution in [0.5, 0.6) is 5.75 Å². The van der Waals surface area contributed by atoms with Crippen LogP contribution < -0.4 is 9.50 Å². The summed E-state index contributed by atoms with van der Waals surface area (Å²) in [6.07, 6.45) is 1.69. The smallest absolute Gasteiger partial charge is 0.339 e. The molecule has 3 aromatic carbocycles. The molecule has 0 unspecified atom stereocenters. The molecule has 4 rings (SSSR count). The molecule has 0 bridgehead atoms. The summed E-state index contributed by atoms with van der Waals surface area (Å²) in [7, 11) is -4.00. The Morgan fingerprint density at radius 2 is 1.53 bits per heavy atom. The third-order valence-electron chi connectivity index (χ3n) is 4.18. The number of amides is 1. The molecule has 0 aromatic heterocycles. The second-order valence-electron chi connectivity index (χ2n) is 6.48. The van der Waals surface area contributed by atoms with Gasteiger partial charge in [0.1, 0.15) is 4.90 Å². The fourth-order valence-electron chi connectivity index (χ4n) is 2.74. The lowest BCUT2D eigenvalue weighted by atomic mass is 10.2. The number of nitrogens with one attached hydrogen (secondary N) is 1. The quantitative estimate of drug-likeness (QED) is 0.295. The highest BCUT2D eigenvalue weighted by molar-refractivity contribution is 9.11. The number of halogens is 2. The molecule has 1 fully saturated rings. The van der Waals surface area contributed by atoms with E-state index in [2.05, 4.69) is 42.2 Å². The second-order valence-corrected chi connectivity index (χ2v) is 10.8. The van der Waals surface area contributed by atoms with Crippen molar-refractivity contribution in [2.45, 2.75) is 4.90 Å². The maximum Gasteiger partial charge on any atom is 0.339 e. The molecule has 1 aliphatic rings. The Labute approximate surface area is 206 Å².